The van der Waals surface area contributed by atoms with E-state index in [-0.39, 0.29) is 35.8 Å². The van der Waals surface area contributed by atoms with E-state index in [1.165, 1.54) is 6.42 Å². The number of rotatable bonds is 8. The number of hydrogen-bond donors (Lipinski definition) is 3. The molecule has 0 unspecified atom stereocenters. The molecular formula is C26H36IN5O2. The van der Waals surface area contributed by atoms with E-state index in [1.807, 2.05) is 60.4 Å². The van der Waals surface area contributed by atoms with Crippen molar-refractivity contribution in [1.82, 2.24) is 20.9 Å². The minimum absolute atomic E-state index is 0. The van der Waals surface area contributed by atoms with Crippen LogP contribution in [0.25, 0.3) is 0 Å². The summed E-state index contributed by atoms with van der Waals surface area (Å²) in [6.07, 6.45) is 4.15. The Morgan fingerprint density at radius 3 is 2.32 bits per heavy atom. The number of piperidine rings is 1. The molecular weight excluding hydrogens is 541 g/mol. The Morgan fingerprint density at radius 2 is 1.62 bits per heavy atom. The molecule has 1 saturated heterocycles. The number of benzene rings is 2. The van der Waals surface area contributed by atoms with Gasteiger partial charge >= 0.3 is 0 Å². The normalized spacial score (nSPS) is 13.6. The van der Waals surface area contributed by atoms with E-state index in [4.69, 9.17) is 4.99 Å². The predicted molar refractivity (Wildman–Crippen MR) is 148 cm³/mol. The molecule has 3 rings (SSSR count). The number of nitrogens with one attached hydrogen (secondary N) is 3. The monoisotopic (exact) mass is 577 g/mol. The first-order chi connectivity index (χ1) is 16.1. The largest absolute Gasteiger partial charge is 0.357 e. The van der Waals surface area contributed by atoms with Gasteiger partial charge in [0, 0.05) is 44.4 Å². The molecule has 2 amide bonds. The molecule has 0 atom stereocenters. The fraction of sp³-hybridized carbons (Fsp3) is 0.423. The van der Waals surface area contributed by atoms with Crippen LogP contribution in [0.1, 0.15) is 58.0 Å². The third kappa shape index (κ3) is 8.30. The number of aliphatic imine (C=N–C) groups is 1. The third-order valence-electron chi connectivity index (χ3n) is 5.70. The van der Waals surface area contributed by atoms with E-state index in [2.05, 4.69) is 16.0 Å². The van der Waals surface area contributed by atoms with Crippen molar-refractivity contribution in [2.24, 2.45) is 4.99 Å². The number of carbonyl (C=O) groups is 2. The van der Waals surface area contributed by atoms with Gasteiger partial charge in [0.1, 0.15) is 0 Å². The lowest BCUT2D eigenvalue weighted by molar-refractivity contribution is 0.0724. The molecule has 0 spiro atoms. The van der Waals surface area contributed by atoms with Gasteiger partial charge in [0.15, 0.2) is 5.96 Å². The summed E-state index contributed by atoms with van der Waals surface area (Å²) in [6.45, 7) is 5.66. The van der Waals surface area contributed by atoms with Crippen LogP contribution < -0.4 is 16.0 Å². The van der Waals surface area contributed by atoms with Crippen LogP contribution in [0.4, 0.5) is 0 Å². The van der Waals surface area contributed by atoms with Crippen LogP contribution >= 0.6 is 24.0 Å². The zero-order valence-electron chi connectivity index (χ0n) is 20.1. The summed E-state index contributed by atoms with van der Waals surface area (Å²) in [6, 6.07) is 15.4. The van der Waals surface area contributed by atoms with Gasteiger partial charge in [0.05, 0.1) is 6.54 Å². The first-order valence-corrected chi connectivity index (χ1v) is 11.8. The first kappa shape index (κ1) is 27.6. The Balaban J connectivity index is 0.00000408. The van der Waals surface area contributed by atoms with Gasteiger partial charge in [-0.3, -0.25) is 9.59 Å². The molecule has 1 aliphatic heterocycles. The highest BCUT2D eigenvalue weighted by Crippen LogP contribution is 2.15. The lowest BCUT2D eigenvalue weighted by Crippen LogP contribution is -2.38. The van der Waals surface area contributed by atoms with Crippen molar-refractivity contribution in [3.63, 3.8) is 0 Å². The molecule has 1 aliphatic rings. The maximum absolute atomic E-state index is 12.8. The number of halogens is 1. The Hall–Kier alpha value is -2.62. The molecule has 0 aliphatic carbocycles. The quantitative estimate of drug-likeness (QED) is 0.255. The Bertz CT molecular complexity index is 973. The smallest absolute Gasteiger partial charge is 0.253 e. The fourth-order valence-electron chi connectivity index (χ4n) is 3.93. The predicted octanol–water partition coefficient (Wildman–Crippen LogP) is 3.59. The maximum atomic E-state index is 12.8. The molecule has 1 fully saturated rings. The lowest BCUT2D eigenvalue weighted by Gasteiger charge is -2.26. The lowest BCUT2D eigenvalue weighted by atomic mass is 10.1. The van der Waals surface area contributed by atoms with Gasteiger partial charge in [-0.2, -0.15) is 0 Å². The third-order valence-corrected chi connectivity index (χ3v) is 5.70. The van der Waals surface area contributed by atoms with Crippen molar-refractivity contribution >= 4 is 41.8 Å². The van der Waals surface area contributed by atoms with Crippen molar-refractivity contribution in [3.05, 3.63) is 70.8 Å². The topological polar surface area (TPSA) is 85.8 Å². The number of guanidine groups is 1. The van der Waals surface area contributed by atoms with Gasteiger partial charge in [0.2, 0.25) is 0 Å². The molecule has 34 heavy (non-hydrogen) atoms. The second kappa shape index (κ2) is 14.6. The molecule has 1 heterocycles. The van der Waals surface area contributed by atoms with E-state index in [0.29, 0.717) is 18.7 Å². The molecule has 0 aromatic heterocycles. The average Bonchev–Trinajstić information content (AvgIpc) is 2.87. The van der Waals surface area contributed by atoms with Crippen LogP contribution in [0, 0.1) is 0 Å². The maximum Gasteiger partial charge on any atom is 0.253 e. The summed E-state index contributed by atoms with van der Waals surface area (Å²) in [5.41, 5.74) is 3.49. The van der Waals surface area contributed by atoms with E-state index in [1.54, 1.807) is 7.05 Å². The minimum atomic E-state index is -0.0827. The zero-order chi connectivity index (χ0) is 23.5. The highest BCUT2D eigenvalue weighted by atomic mass is 127. The molecule has 2 aromatic carbocycles. The first-order valence-electron chi connectivity index (χ1n) is 11.8. The summed E-state index contributed by atoms with van der Waals surface area (Å²) < 4.78 is 0. The van der Waals surface area contributed by atoms with Crippen LogP contribution in [0.5, 0.6) is 0 Å². The van der Waals surface area contributed by atoms with Crippen molar-refractivity contribution < 1.29 is 9.59 Å². The zero-order valence-corrected chi connectivity index (χ0v) is 22.4. The van der Waals surface area contributed by atoms with E-state index >= 15 is 0 Å². The number of nitrogens with zero attached hydrogens (tertiary/aromatic N) is 2. The van der Waals surface area contributed by atoms with Gasteiger partial charge in [0.25, 0.3) is 11.8 Å². The van der Waals surface area contributed by atoms with Crippen molar-refractivity contribution in [2.75, 3.05) is 33.2 Å². The van der Waals surface area contributed by atoms with Gasteiger partial charge in [-0.15, -0.1) is 24.0 Å². The van der Waals surface area contributed by atoms with Gasteiger partial charge in [-0.1, -0.05) is 24.3 Å². The summed E-state index contributed by atoms with van der Waals surface area (Å²) in [7, 11) is 1.63. The Labute approximate surface area is 219 Å². The standard InChI is InChI=1S/C26H35N5O2.HI/c1-3-28-26(29-14-13-20-9-7-11-22(17-20)24(32)27-2)30-19-21-10-8-12-23(18-21)25(33)31-15-5-4-6-16-31;/h7-12,17-18H,3-6,13-16,19H2,1-2H3,(H,27,32)(H2,28,29,30);1H. The summed E-state index contributed by atoms with van der Waals surface area (Å²) in [4.78, 5) is 31.3. The summed E-state index contributed by atoms with van der Waals surface area (Å²) >= 11 is 0. The van der Waals surface area contributed by atoms with Crippen LogP contribution in [-0.2, 0) is 13.0 Å². The van der Waals surface area contributed by atoms with Gasteiger partial charge in [-0.25, -0.2) is 4.99 Å². The van der Waals surface area contributed by atoms with Crippen LogP contribution in [-0.4, -0.2) is 55.9 Å². The Kier molecular flexibility index (Phi) is 11.9. The van der Waals surface area contributed by atoms with Crippen molar-refractivity contribution in [2.45, 2.75) is 39.2 Å². The summed E-state index contributed by atoms with van der Waals surface area (Å²) in [5, 5.41) is 9.27. The SMILES string of the molecule is CCNC(=NCc1cccc(C(=O)N2CCCCC2)c1)NCCc1cccc(C(=O)NC)c1.I. The molecule has 7 nitrogen and oxygen atoms in total. The second-order valence-corrected chi connectivity index (χ2v) is 8.20. The Morgan fingerprint density at radius 1 is 0.941 bits per heavy atom. The van der Waals surface area contributed by atoms with Crippen LogP contribution in [0.3, 0.4) is 0 Å². The number of hydrogen-bond acceptors (Lipinski definition) is 3. The molecule has 2 aromatic rings. The highest BCUT2D eigenvalue weighted by molar-refractivity contribution is 14.0. The van der Waals surface area contributed by atoms with E-state index < -0.39 is 0 Å². The number of likely N-dealkylation sites (tertiary alicyclic amines) is 1. The second-order valence-electron chi connectivity index (χ2n) is 8.20. The van der Waals surface area contributed by atoms with Crippen LogP contribution in [0.2, 0.25) is 0 Å². The molecule has 0 radical (unpaired) electrons. The molecule has 0 saturated carbocycles. The van der Waals surface area contributed by atoms with E-state index in [9.17, 15) is 9.59 Å². The van der Waals surface area contributed by atoms with Crippen molar-refractivity contribution in [1.29, 1.82) is 0 Å². The minimum Gasteiger partial charge on any atom is -0.357 e. The average molecular weight is 578 g/mol. The molecule has 3 N–H and O–H groups in total. The van der Waals surface area contributed by atoms with Crippen molar-refractivity contribution in [3.8, 4) is 0 Å². The summed E-state index contributed by atoms with van der Waals surface area (Å²) in [5.74, 6) is 0.762. The van der Waals surface area contributed by atoms with Gasteiger partial charge < -0.3 is 20.9 Å². The molecule has 0 bridgehead atoms. The highest BCUT2D eigenvalue weighted by Gasteiger charge is 2.18. The molecule has 8 heteroatoms. The van der Waals surface area contributed by atoms with Crippen LogP contribution in [0.15, 0.2) is 53.5 Å². The number of carbonyl (C=O) groups excluding carboxylic acids is 2. The number of amides is 2. The fourth-order valence-corrected chi connectivity index (χ4v) is 3.93. The van der Waals surface area contributed by atoms with E-state index in [0.717, 1.165) is 61.5 Å². The van der Waals surface area contributed by atoms with Gasteiger partial charge in [-0.05, 0) is 68.0 Å². The molecule has 184 valence electrons.